The van der Waals surface area contributed by atoms with Crippen molar-refractivity contribution in [1.29, 1.82) is 0 Å². The fraction of sp³-hybridized carbons (Fsp3) is 0.500. The van der Waals surface area contributed by atoms with Crippen LogP contribution in [0.2, 0.25) is 0 Å². The number of ether oxygens (including phenoxy) is 1. The fourth-order valence-electron chi connectivity index (χ4n) is 2.59. The molecule has 1 aliphatic rings. The molecule has 0 unspecified atom stereocenters. The molecule has 0 aliphatic carbocycles. The third kappa shape index (κ3) is 3.18. The molecule has 2 rings (SSSR count). The topological polar surface area (TPSA) is 46.6 Å². The van der Waals surface area contributed by atoms with E-state index in [0.717, 1.165) is 19.3 Å². The molecule has 1 amide bonds. The third-order valence-corrected chi connectivity index (χ3v) is 3.85. The van der Waals surface area contributed by atoms with E-state index in [1.54, 1.807) is 4.90 Å². The summed E-state index contributed by atoms with van der Waals surface area (Å²) in [4.78, 5) is 25.8. The van der Waals surface area contributed by atoms with Crippen LogP contribution in [-0.2, 0) is 16.0 Å². The lowest BCUT2D eigenvalue weighted by Crippen LogP contribution is -2.42. The van der Waals surface area contributed by atoms with Gasteiger partial charge in [-0.3, -0.25) is 9.59 Å². The Balaban J connectivity index is 2.05. The molecule has 4 heteroatoms. The highest BCUT2D eigenvalue weighted by molar-refractivity contribution is 5.94. The van der Waals surface area contributed by atoms with Gasteiger partial charge in [0.2, 0.25) is 0 Å². The molecule has 1 aromatic rings. The summed E-state index contributed by atoms with van der Waals surface area (Å²) < 4.78 is 4.78. The second kappa shape index (κ2) is 6.55. The lowest BCUT2D eigenvalue weighted by molar-refractivity contribution is -0.146. The van der Waals surface area contributed by atoms with Crippen LogP contribution >= 0.6 is 0 Å². The van der Waals surface area contributed by atoms with E-state index < -0.39 is 0 Å². The Hall–Kier alpha value is -1.84. The predicted octanol–water partition coefficient (Wildman–Crippen LogP) is 2.27. The molecule has 1 atom stereocenters. The number of amides is 1. The molecule has 1 aliphatic heterocycles. The first-order valence-electron chi connectivity index (χ1n) is 7.11. The second-order valence-corrected chi connectivity index (χ2v) is 5.16. The van der Waals surface area contributed by atoms with Crippen LogP contribution in [0.25, 0.3) is 0 Å². The highest BCUT2D eigenvalue weighted by Gasteiger charge is 2.29. The summed E-state index contributed by atoms with van der Waals surface area (Å²) in [5.41, 5.74) is 1.90. The van der Waals surface area contributed by atoms with E-state index in [9.17, 15) is 9.59 Å². The van der Waals surface area contributed by atoms with Gasteiger partial charge < -0.3 is 9.64 Å². The lowest BCUT2D eigenvalue weighted by Gasteiger charge is -2.31. The maximum absolute atomic E-state index is 12.4. The van der Waals surface area contributed by atoms with Gasteiger partial charge in [0.15, 0.2) is 0 Å². The molecule has 4 nitrogen and oxygen atoms in total. The van der Waals surface area contributed by atoms with Gasteiger partial charge in [-0.05, 0) is 37.0 Å². The van der Waals surface area contributed by atoms with Crippen LogP contribution in [0.1, 0.15) is 35.7 Å². The first-order chi connectivity index (χ1) is 9.65. The maximum atomic E-state index is 12.4. The standard InChI is InChI=1S/C16H21NO3/c1-3-12-6-8-13(9-7-12)15(18)17-10-4-5-14(11-17)16(19)20-2/h6-9,14H,3-5,10-11H2,1-2H3/t14-/m0/s1. The number of likely N-dealkylation sites (tertiary alicyclic amines) is 1. The monoisotopic (exact) mass is 275 g/mol. The highest BCUT2D eigenvalue weighted by atomic mass is 16.5. The summed E-state index contributed by atoms with van der Waals surface area (Å²) in [5, 5.41) is 0. The molecule has 0 spiro atoms. The SMILES string of the molecule is CCc1ccc(C(=O)N2CCC[C@H](C(=O)OC)C2)cc1. The average Bonchev–Trinajstić information content (AvgIpc) is 2.53. The number of carbonyl (C=O) groups is 2. The summed E-state index contributed by atoms with van der Waals surface area (Å²) in [6, 6.07) is 7.69. The van der Waals surface area contributed by atoms with E-state index >= 15 is 0 Å². The first-order valence-corrected chi connectivity index (χ1v) is 7.11. The molecular weight excluding hydrogens is 254 g/mol. The summed E-state index contributed by atoms with van der Waals surface area (Å²) in [6.45, 7) is 3.26. The van der Waals surface area contributed by atoms with Gasteiger partial charge in [0.05, 0.1) is 13.0 Å². The van der Waals surface area contributed by atoms with Gasteiger partial charge in [-0.25, -0.2) is 0 Å². The lowest BCUT2D eigenvalue weighted by atomic mass is 9.97. The maximum Gasteiger partial charge on any atom is 0.310 e. The number of piperidine rings is 1. The Morgan fingerprint density at radius 3 is 2.60 bits per heavy atom. The molecule has 108 valence electrons. The van der Waals surface area contributed by atoms with Gasteiger partial charge in [0, 0.05) is 18.7 Å². The molecule has 1 heterocycles. The van der Waals surface area contributed by atoms with E-state index in [4.69, 9.17) is 4.74 Å². The number of benzene rings is 1. The van der Waals surface area contributed by atoms with Crippen LogP contribution < -0.4 is 0 Å². The zero-order valence-corrected chi connectivity index (χ0v) is 12.1. The van der Waals surface area contributed by atoms with Crippen molar-refractivity contribution in [2.45, 2.75) is 26.2 Å². The third-order valence-electron chi connectivity index (χ3n) is 3.85. The van der Waals surface area contributed by atoms with Crippen LogP contribution in [0, 0.1) is 5.92 Å². The zero-order chi connectivity index (χ0) is 14.5. The minimum atomic E-state index is -0.219. The summed E-state index contributed by atoms with van der Waals surface area (Å²) in [7, 11) is 1.40. The predicted molar refractivity (Wildman–Crippen MR) is 76.5 cm³/mol. The Morgan fingerprint density at radius 1 is 1.30 bits per heavy atom. The van der Waals surface area contributed by atoms with Crippen molar-refractivity contribution in [3.05, 3.63) is 35.4 Å². The summed E-state index contributed by atoms with van der Waals surface area (Å²) in [5.74, 6) is -0.405. The van der Waals surface area contributed by atoms with E-state index in [1.807, 2.05) is 24.3 Å². The molecule has 0 radical (unpaired) electrons. The molecule has 0 bridgehead atoms. The summed E-state index contributed by atoms with van der Waals surface area (Å²) >= 11 is 0. The van der Waals surface area contributed by atoms with Crippen molar-refractivity contribution < 1.29 is 14.3 Å². The second-order valence-electron chi connectivity index (χ2n) is 5.16. The number of hydrogen-bond donors (Lipinski definition) is 0. The van der Waals surface area contributed by atoms with Crippen molar-refractivity contribution >= 4 is 11.9 Å². The van der Waals surface area contributed by atoms with Crippen molar-refractivity contribution in [2.75, 3.05) is 20.2 Å². The number of methoxy groups -OCH3 is 1. The number of nitrogens with zero attached hydrogens (tertiary/aromatic N) is 1. The Morgan fingerprint density at radius 2 is 2.00 bits per heavy atom. The van der Waals surface area contributed by atoms with Crippen LogP contribution in [-0.4, -0.2) is 37.0 Å². The van der Waals surface area contributed by atoms with Crippen molar-refractivity contribution in [2.24, 2.45) is 5.92 Å². The van der Waals surface area contributed by atoms with E-state index in [-0.39, 0.29) is 17.8 Å². The summed E-state index contributed by atoms with van der Waals surface area (Å²) in [6.07, 6.45) is 2.60. The minimum Gasteiger partial charge on any atom is -0.469 e. The molecule has 1 aromatic carbocycles. The molecular formula is C16H21NO3. The van der Waals surface area contributed by atoms with E-state index in [1.165, 1.54) is 12.7 Å². The molecule has 0 saturated carbocycles. The van der Waals surface area contributed by atoms with Gasteiger partial charge in [-0.1, -0.05) is 19.1 Å². The van der Waals surface area contributed by atoms with Gasteiger partial charge in [0.1, 0.15) is 0 Å². The number of hydrogen-bond acceptors (Lipinski definition) is 3. The van der Waals surface area contributed by atoms with Gasteiger partial charge in [-0.2, -0.15) is 0 Å². The van der Waals surface area contributed by atoms with Gasteiger partial charge in [0.25, 0.3) is 5.91 Å². The van der Waals surface area contributed by atoms with E-state index in [2.05, 4.69) is 6.92 Å². The number of aryl methyl sites for hydroxylation is 1. The Kier molecular flexibility index (Phi) is 4.77. The van der Waals surface area contributed by atoms with Crippen molar-refractivity contribution in [1.82, 2.24) is 4.90 Å². The minimum absolute atomic E-state index is 0.00116. The largest absolute Gasteiger partial charge is 0.469 e. The Labute approximate surface area is 119 Å². The van der Waals surface area contributed by atoms with Crippen LogP contribution in [0.5, 0.6) is 0 Å². The Bertz CT molecular complexity index is 481. The van der Waals surface area contributed by atoms with Crippen LogP contribution in [0.4, 0.5) is 0 Å². The number of esters is 1. The molecule has 0 N–H and O–H groups in total. The molecule has 1 fully saturated rings. The number of carbonyl (C=O) groups excluding carboxylic acids is 2. The smallest absolute Gasteiger partial charge is 0.310 e. The van der Waals surface area contributed by atoms with Gasteiger partial charge >= 0.3 is 5.97 Å². The number of rotatable bonds is 3. The van der Waals surface area contributed by atoms with Crippen molar-refractivity contribution in [3.63, 3.8) is 0 Å². The first kappa shape index (κ1) is 14.6. The molecule has 20 heavy (non-hydrogen) atoms. The highest BCUT2D eigenvalue weighted by Crippen LogP contribution is 2.20. The average molecular weight is 275 g/mol. The zero-order valence-electron chi connectivity index (χ0n) is 12.1. The quantitative estimate of drug-likeness (QED) is 0.795. The van der Waals surface area contributed by atoms with Crippen LogP contribution in [0.15, 0.2) is 24.3 Å². The molecule has 1 saturated heterocycles. The van der Waals surface area contributed by atoms with Crippen molar-refractivity contribution in [3.8, 4) is 0 Å². The van der Waals surface area contributed by atoms with Crippen LogP contribution in [0.3, 0.4) is 0 Å². The fourth-order valence-corrected chi connectivity index (χ4v) is 2.59. The molecule has 0 aromatic heterocycles. The normalized spacial score (nSPS) is 18.7. The van der Waals surface area contributed by atoms with E-state index in [0.29, 0.717) is 18.7 Å². The van der Waals surface area contributed by atoms with Gasteiger partial charge in [-0.15, -0.1) is 0 Å².